The van der Waals surface area contributed by atoms with Crippen molar-refractivity contribution < 1.29 is 4.92 Å². The summed E-state index contributed by atoms with van der Waals surface area (Å²) in [7, 11) is 0. The minimum absolute atomic E-state index is 0.111. The van der Waals surface area contributed by atoms with E-state index in [2.05, 4.69) is 5.32 Å². The number of nitro benzene ring substituents is 1. The Kier molecular flexibility index (Phi) is 3.48. The first kappa shape index (κ1) is 12.4. The van der Waals surface area contributed by atoms with Crippen molar-refractivity contribution in [3.05, 3.63) is 63.2 Å². The number of halogens is 1. The molecule has 5 heteroatoms. The second kappa shape index (κ2) is 5.06. The fraction of sp³-hybridized carbons (Fsp3) is 0.0769. The monoisotopic (exact) mass is 262 g/mol. The van der Waals surface area contributed by atoms with Crippen LogP contribution >= 0.6 is 11.6 Å². The maximum absolute atomic E-state index is 11.0. The number of aryl methyl sites for hydroxylation is 1. The fourth-order valence-corrected chi connectivity index (χ4v) is 1.84. The van der Waals surface area contributed by atoms with Gasteiger partial charge in [-0.1, -0.05) is 35.4 Å². The molecule has 2 rings (SSSR count). The Hall–Kier alpha value is -2.07. The molecule has 0 radical (unpaired) electrons. The van der Waals surface area contributed by atoms with Crippen LogP contribution in [-0.2, 0) is 0 Å². The maximum atomic E-state index is 11.0. The number of nitrogens with zero attached hydrogens (tertiary/aromatic N) is 1. The molecule has 0 saturated carbocycles. The lowest BCUT2D eigenvalue weighted by Crippen LogP contribution is -1.97. The number of rotatable bonds is 3. The Labute approximate surface area is 109 Å². The van der Waals surface area contributed by atoms with Crippen LogP contribution in [0.25, 0.3) is 0 Å². The molecule has 0 unspecified atom stereocenters. The summed E-state index contributed by atoms with van der Waals surface area (Å²) in [6.07, 6.45) is 0. The molecule has 4 nitrogen and oxygen atoms in total. The van der Waals surface area contributed by atoms with Crippen LogP contribution in [0.4, 0.5) is 17.1 Å². The van der Waals surface area contributed by atoms with Gasteiger partial charge in [-0.2, -0.15) is 0 Å². The predicted molar refractivity (Wildman–Crippen MR) is 72.6 cm³/mol. The highest BCUT2D eigenvalue weighted by Crippen LogP contribution is 2.34. The van der Waals surface area contributed by atoms with E-state index >= 15 is 0 Å². The number of nitrogens with one attached hydrogen (secondary N) is 1. The number of benzene rings is 2. The minimum atomic E-state index is -0.487. The van der Waals surface area contributed by atoms with Gasteiger partial charge in [-0.15, -0.1) is 0 Å². The Bertz CT molecular complexity index is 582. The molecule has 0 aliphatic rings. The molecule has 0 fully saturated rings. The standard InChI is InChI=1S/C13H11ClN2O2/c1-9-5-7-10(8-6-9)15-12-4-2-3-11(14)13(12)16(17)18/h2-8,15H,1H3. The van der Waals surface area contributed by atoms with Crippen LogP contribution < -0.4 is 5.32 Å². The van der Waals surface area contributed by atoms with Crippen LogP contribution in [-0.4, -0.2) is 4.92 Å². The zero-order valence-electron chi connectivity index (χ0n) is 9.68. The first-order valence-corrected chi connectivity index (χ1v) is 5.72. The lowest BCUT2D eigenvalue weighted by Gasteiger charge is -2.08. The summed E-state index contributed by atoms with van der Waals surface area (Å²) in [5, 5.41) is 14.1. The highest BCUT2D eigenvalue weighted by Gasteiger charge is 2.18. The smallest absolute Gasteiger partial charge is 0.311 e. The molecular formula is C13H11ClN2O2. The minimum Gasteiger partial charge on any atom is -0.350 e. The van der Waals surface area contributed by atoms with E-state index in [0.29, 0.717) is 5.69 Å². The van der Waals surface area contributed by atoms with Crippen molar-refractivity contribution in [2.45, 2.75) is 6.92 Å². The lowest BCUT2D eigenvalue weighted by atomic mass is 10.2. The largest absolute Gasteiger partial charge is 0.350 e. The molecule has 92 valence electrons. The summed E-state index contributed by atoms with van der Waals surface area (Å²) < 4.78 is 0. The lowest BCUT2D eigenvalue weighted by molar-refractivity contribution is -0.383. The zero-order chi connectivity index (χ0) is 13.1. The van der Waals surface area contributed by atoms with E-state index in [4.69, 9.17) is 11.6 Å². The molecule has 1 N–H and O–H groups in total. The average Bonchev–Trinajstić information content (AvgIpc) is 2.32. The van der Waals surface area contributed by atoms with E-state index in [-0.39, 0.29) is 10.7 Å². The van der Waals surface area contributed by atoms with Crippen LogP contribution in [0.3, 0.4) is 0 Å². The van der Waals surface area contributed by atoms with E-state index in [1.807, 2.05) is 31.2 Å². The molecule has 0 spiro atoms. The molecule has 0 amide bonds. The van der Waals surface area contributed by atoms with Gasteiger partial charge < -0.3 is 5.32 Å². The van der Waals surface area contributed by atoms with Gasteiger partial charge in [0.1, 0.15) is 10.7 Å². The van der Waals surface area contributed by atoms with Gasteiger partial charge in [0.15, 0.2) is 0 Å². The second-order valence-corrected chi connectivity index (χ2v) is 4.29. The van der Waals surface area contributed by atoms with Crippen molar-refractivity contribution in [3.63, 3.8) is 0 Å². The Morgan fingerprint density at radius 2 is 1.83 bits per heavy atom. The third-order valence-electron chi connectivity index (χ3n) is 2.50. The summed E-state index contributed by atoms with van der Waals surface area (Å²) in [5.74, 6) is 0. The molecule has 0 aliphatic heterocycles. The van der Waals surface area contributed by atoms with Gasteiger partial charge in [0, 0.05) is 5.69 Å². The Balaban J connectivity index is 2.37. The van der Waals surface area contributed by atoms with Gasteiger partial charge in [-0.25, -0.2) is 0 Å². The van der Waals surface area contributed by atoms with Crippen molar-refractivity contribution in [3.8, 4) is 0 Å². The van der Waals surface area contributed by atoms with Crippen molar-refractivity contribution in [2.24, 2.45) is 0 Å². The van der Waals surface area contributed by atoms with E-state index < -0.39 is 4.92 Å². The quantitative estimate of drug-likeness (QED) is 0.663. The maximum Gasteiger partial charge on any atom is 0.311 e. The molecule has 0 aromatic heterocycles. The Morgan fingerprint density at radius 1 is 1.17 bits per heavy atom. The van der Waals surface area contributed by atoms with Crippen molar-refractivity contribution >= 4 is 28.7 Å². The number of hydrogen-bond donors (Lipinski definition) is 1. The summed E-state index contributed by atoms with van der Waals surface area (Å²) >= 11 is 5.83. The molecule has 0 bridgehead atoms. The second-order valence-electron chi connectivity index (χ2n) is 3.88. The summed E-state index contributed by atoms with van der Waals surface area (Å²) in [4.78, 5) is 10.5. The average molecular weight is 263 g/mol. The molecule has 0 saturated heterocycles. The first-order valence-electron chi connectivity index (χ1n) is 5.34. The Morgan fingerprint density at radius 3 is 2.44 bits per heavy atom. The van der Waals surface area contributed by atoms with Gasteiger partial charge in [-0.05, 0) is 31.2 Å². The molecule has 0 heterocycles. The zero-order valence-corrected chi connectivity index (χ0v) is 10.4. The van der Waals surface area contributed by atoms with Crippen LogP contribution in [0, 0.1) is 17.0 Å². The third kappa shape index (κ3) is 2.60. The first-order chi connectivity index (χ1) is 8.58. The van der Waals surface area contributed by atoms with Gasteiger partial charge in [0.2, 0.25) is 0 Å². The normalized spacial score (nSPS) is 10.1. The molecular weight excluding hydrogens is 252 g/mol. The SMILES string of the molecule is Cc1ccc(Nc2cccc(Cl)c2[N+](=O)[O-])cc1. The van der Waals surface area contributed by atoms with Crippen molar-refractivity contribution in [1.82, 2.24) is 0 Å². The van der Waals surface area contributed by atoms with Crippen molar-refractivity contribution in [1.29, 1.82) is 0 Å². The van der Waals surface area contributed by atoms with Crippen LogP contribution in [0.1, 0.15) is 5.56 Å². The topological polar surface area (TPSA) is 55.2 Å². The van der Waals surface area contributed by atoms with Gasteiger partial charge >= 0.3 is 5.69 Å². The highest BCUT2D eigenvalue weighted by atomic mass is 35.5. The number of anilines is 2. The van der Waals surface area contributed by atoms with Gasteiger partial charge in [-0.3, -0.25) is 10.1 Å². The molecule has 2 aromatic rings. The van der Waals surface area contributed by atoms with Crippen molar-refractivity contribution in [2.75, 3.05) is 5.32 Å². The molecule has 0 aliphatic carbocycles. The van der Waals surface area contributed by atoms with Crippen LogP contribution in [0.2, 0.25) is 5.02 Å². The van der Waals surface area contributed by atoms with Crippen LogP contribution in [0.5, 0.6) is 0 Å². The highest BCUT2D eigenvalue weighted by molar-refractivity contribution is 6.33. The molecule has 18 heavy (non-hydrogen) atoms. The van der Waals surface area contributed by atoms with Crippen LogP contribution in [0.15, 0.2) is 42.5 Å². The van der Waals surface area contributed by atoms with Gasteiger partial charge in [0.25, 0.3) is 0 Å². The fourth-order valence-electron chi connectivity index (χ4n) is 1.59. The van der Waals surface area contributed by atoms with E-state index in [0.717, 1.165) is 11.3 Å². The van der Waals surface area contributed by atoms with E-state index in [9.17, 15) is 10.1 Å². The van der Waals surface area contributed by atoms with Gasteiger partial charge in [0.05, 0.1) is 4.92 Å². The number of nitro groups is 1. The molecule has 2 aromatic carbocycles. The summed E-state index contributed by atoms with van der Waals surface area (Å²) in [5.41, 5.74) is 2.18. The summed E-state index contributed by atoms with van der Waals surface area (Å²) in [6, 6.07) is 12.4. The summed E-state index contributed by atoms with van der Waals surface area (Å²) in [6.45, 7) is 1.98. The molecule has 0 atom stereocenters. The number of para-hydroxylation sites is 1. The van der Waals surface area contributed by atoms with E-state index in [1.54, 1.807) is 12.1 Å². The third-order valence-corrected chi connectivity index (χ3v) is 2.80. The number of hydrogen-bond acceptors (Lipinski definition) is 3. The van der Waals surface area contributed by atoms with E-state index in [1.165, 1.54) is 6.07 Å². The predicted octanol–water partition coefficient (Wildman–Crippen LogP) is 4.30.